The molecule has 2 aliphatic rings. The van der Waals surface area contributed by atoms with E-state index in [-0.39, 0.29) is 18.9 Å². The van der Waals surface area contributed by atoms with Crippen molar-refractivity contribution in [2.45, 2.75) is 39.2 Å². The van der Waals surface area contributed by atoms with Crippen molar-refractivity contribution in [1.29, 1.82) is 0 Å². The zero-order valence-corrected chi connectivity index (χ0v) is 10.6. The SMILES string of the molecule is CO[C@@H]1C[C@H]2CC[C@]1(C[S-])C2(C)C.[Li+]. The number of fused-ring (bicyclic) bond motifs is 2. The van der Waals surface area contributed by atoms with E-state index in [2.05, 4.69) is 13.8 Å². The van der Waals surface area contributed by atoms with Crippen LogP contribution in [0.25, 0.3) is 0 Å². The summed E-state index contributed by atoms with van der Waals surface area (Å²) >= 11 is 5.36. The van der Waals surface area contributed by atoms with Gasteiger partial charge in [-0.1, -0.05) is 13.8 Å². The molecule has 0 radical (unpaired) electrons. The number of hydrogen-bond acceptors (Lipinski definition) is 2. The third kappa shape index (κ3) is 1.34. The van der Waals surface area contributed by atoms with Crippen molar-refractivity contribution in [3.05, 3.63) is 0 Å². The summed E-state index contributed by atoms with van der Waals surface area (Å²) in [6.45, 7) is 4.77. The van der Waals surface area contributed by atoms with Crippen molar-refractivity contribution in [2.24, 2.45) is 16.7 Å². The Morgan fingerprint density at radius 2 is 2.07 bits per heavy atom. The Kier molecular flexibility index (Phi) is 3.76. The van der Waals surface area contributed by atoms with Crippen LogP contribution in [0.2, 0.25) is 0 Å². The van der Waals surface area contributed by atoms with Crippen LogP contribution in [0, 0.1) is 16.7 Å². The van der Waals surface area contributed by atoms with E-state index in [0.717, 1.165) is 11.7 Å². The van der Waals surface area contributed by atoms with Gasteiger partial charge >= 0.3 is 18.9 Å². The van der Waals surface area contributed by atoms with E-state index in [1.165, 1.54) is 19.3 Å². The van der Waals surface area contributed by atoms with Crippen LogP contribution < -0.4 is 18.9 Å². The first-order valence-corrected chi connectivity index (χ1v) is 5.77. The van der Waals surface area contributed by atoms with Gasteiger partial charge in [-0.2, -0.15) is 5.75 Å². The summed E-state index contributed by atoms with van der Waals surface area (Å²) in [4.78, 5) is 0. The monoisotopic (exact) mass is 206 g/mol. The van der Waals surface area contributed by atoms with Crippen LogP contribution in [0.5, 0.6) is 0 Å². The van der Waals surface area contributed by atoms with Gasteiger partial charge in [-0.15, -0.1) is 0 Å². The summed E-state index contributed by atoms with van der Waals surface area (Å²) in [5, 5.41) is 0. The second kappa shape index (κ2) is 4.05. The van der Waals surface area contributed by atoms with E-state index in [1.807, 2.05) is 7.11 Å². The molecule has 2 bridgehead atoms. The van der Waals surface area contributed by atoms with Crippen molar-refractivity contribution in [3.8, 4) is 0 Å². The summed E-state index contributed by atoms with van der Waals surface area (Å²) in [7, 11) is 1.84. The molecule has 2 fully saturated rings. The number of rotatable bonds is 2. The molecule has 2 rings (SSSR count). The zero-order valence-electron chi connectivity index (χ0n) is 9.80. The Hall–Kier alpha value is 0.907. The van der Waals surface area contributed by atoms with Gasteiger partial charge in [-0.25, -0.2) is 0 Å². The van der Waals surface area contributed by atoms with Crippen molar-refractivity contribution >= 4 is 12.6 Å². The molecule has 0 saturated heterocycles. The summed E-state index contributed by atoms with van der Waals surface area (Å²) in [6.07, 6.45) is 4.31. The van der Waals surface area contributed by atoms with Crippen LogP contribution in [-0.2, 0) is 17.4 Å². The smallest absolute Gasteiger partial charge is 0.792 e. The van der Waals surface area contributed by atoms with E-state index in [9.17, 15) is 0 Å². The van der Waals surface area contributed by atoms with Crippen LogP contribution >= 0.6 is 0 Å². The summed E-state index contributed by atoms with van der Waals surface area (Å²) < 4.78 is 5.61. The summed E-state index contributed by atoms with van der Waals surface area (Å²) in [5.41, 5.74) is 0.719. The molecule has 0 spiro atoms. The predicted molar refractivity (Wildman–Crippen MR) is 56.6 cm³/mol. The minimum Gasteiger partial charge on any atom is -0.792 e. The fourth-order valence-corrected chi connectivity index (χ4v) is 4.37. The molecular weight excluding hydrogens is 187 g/mol. The maximum absolute atomic E-state index is 5.61. The molecule has 2 aliphatic carbocycles. The number of methoxy groups -OCH3 is 1. The Labute approximate surface area is 105 Å². The van der Waals surface area contributed by atoms with Crippen LogP contribution in [0.1, 0.15) is 33.1 Å². The minimum absolute atomic E-state index is 0. The predicted octanol–water partition coefficient (Wildman–Crippen LogP) is -0.621. The summed E-state index contributed by atoms with van der Waals surface area (Å²) in [5.74, 6) is 1.72. The van der Waals surface area contributed by atoms with Gasteiger partial charge in [0.05, 0.1) is 6.10 Å². The molecule has 0 aromatic rings. The van der Waals surface area contributed by atoms with Gasteiger partial charge < -0.3 is 17.4 Å². The molecule has 3 heteroatoms. The molecule has 0 heterocycles. The molecule has 0 N–H and O–H groups in total. The molecule has 14 heavy (non-hydrogen) atoms. The van der Waals surface area contributed by atoms with Crippen LogP contribution in [0.15, 0.2) is 0 Å². The van der Waals surface area contributed by atoms with Gasteiger partial charge in [0, 0.05) is 7.11 Å². The Morgan fingerprint density at radius 1 is 1.43 bits per heavy atom. The average Bonchev–Trinajstić information content (AvgIpc) is 2.50. The molecule has 76 valence electrons. The van der Waals surface area contributed by atoms with Crippen LogP contribution in [0.3, 0.4) is 0 Å². The van der Waals surface area contributed by atoms with Crippen molar-refractivity contribution in [3.63, 3.8) is 0 Å². The molecule has 0 amide bonds. The van der Waals surface area contributed by atoms with Crippen molar-refractivity contribution in [2.75, 3.05) is 12.9 Å². The maximum Gasteiger partial charge on any atom is 1.00 e. The number of ether oxygens (including phenoxy) is 1. The molecule has 2 saturated carbocycles. The third-order valence-electron chi connectivity index (χ3n) is 4.90. The topological polar surface area (TPSA) is 9.23 Å². The van der Waals surface area contributed by atoms with Gasteiger partial charge in [0.2, 0.25) is 0 Å². The minimum atomic E-state index is 0. The molecule has 0 aliphatic heterocycles. The third-order valence-corrected chi connectivity index (χ3v) is 5.41. The van der Waals surface area contributed by atoms with Gasteiger partial charge in [0.25, 0.3) is 0 Å². The first-order valence-electron chi connectivity index (χ1n) is 5.19. The molecule has 0 aromatic carbocycles. The maximum atomic E-state index is 5.61. The molecule has 0 unspecified atom stereocenters. The van der Waals surface area contributed by atoms with E-state index < -0.39 is 0 Å². The Morgan fingerprint density at radius 3 is 2.43 bits per heavy atom. The van der Waals surface area contributed by atoms with Gasteiger partial charge in [0.15, 0.2) is 0 Å². The van der Waals surface area contributed by atoms with E-state index in [0.29, 0.717) is 16.9 Å². The fourth-order valence-electron chi connectivity index (χ4n) is 3.67. The van der Waals surface area contributed by atoms with Crippen LogP contribution in [-0.4, -0.2) is 19.0 Å². The second-order valence-corrected chi connectivity index (χ2v) is 5.51. The number of hydrogen-bond donors (Lipinski definition) is 0. The first-order chi connectivity index (χ1) is 6.08. The van der Waals surface area contributed by atoms with Crippen molar-refractivity contribution < 1.29 is 23.6 Å². The average molecular weight is 206 g/mol. The second-order valence-electron chi connectivity index (χ2n) is 5.22. The summed E-state index contributed by atoms with van der Waals surface area (Å²) in [6, 6.07) is 0. The van der Waals surface area contributed by atoms with Gasteiger partial charge in [-0.05, 0) is 36.0 Å². The van der Waals surface area contributed by atoms with E-state index in [4.69, 9.17) is 17.4 Å². The largest absolute Gasteiger partial charge is 1.00 e. The van der Waals surface area contributed by atoms with E-state index >= 15 is 0 Å². The normalized spacial score (nSPS) is 43.7. The van der Waals surface area contributed by atoms with Crippen LogP contribution in [0.4, 0.5) is 0 Å². The Bertz CT molecular complexity index is 219. The molecule has 3 atom stereocenters. The van der Waals surface area contributed by atoms with E-state index in [1.54, 1.807) is 0 Å². The first kappa shape index (κ1) is 13.0. The van der Waals surface area contributed by atoms with Crippen molar-refractivity contribution in [1.82, 2.24) is 0 Å². The van der Waals surface area contributed by atoms with Gasteiger partial charge in [-0.3, -0.25) is 0 Å². The standard InChI is InChI=1S/C11H20OS.Li/c1-10(2)8-4-5-11(10,7-13)9(6-8)12-3;/h8-9,13H,4-7H2,1-3H3;/q;+1/p-1/t8-,9-,11-;/m1./s1. The molecular formula is C11H19LiOS. The fraction of sp³-hybridized carbons (Fsp3) is 1.00. The molecule has 0 aromatic heterocycles. The van der Waals surface area contributed by atoms with Gasteiger partial charge in [0.1, 0.15) is 0 Å². The quantitative estimate of drug-likeness (QED) is 0.440. The molecule has 1 nitrogen and oxygen atoms in total. The Balaban J connectivity index is 0.000000980. The zero-order chi connectivity index (χ0) is 9.69.